The van der Waals surface area contributed by atoms with Crippen LogP contribution in [0.3, 0.4) is 0 Å². The third kappa shape index (κ3) is 4.45. The van der Waals surface area contributed by atoms with Crippen LogP contribution in [0.4, 0.5) is 0 Å². The number of phenolic OH excluding ortho intramolecular Hbond substituents is 1. The fourth-order valence-electron chi connectivity index (χ4n) is 4.03. The van der Waals surface area contributed by atoms with Gasteiger partial charge in [-0.25, -0.2) is 0 Å². The van der Waals surface area contributed by atoms with E-state index in [0.717, 1.165) is 5.56 Å². The van der Waals surface area contributed by atoms with Gasteiger partial charge in [-0.15, -0.1) is 0 Å². The Morgan fingerprint density at radius 1 is 1.03 bits per heavy atom. The van der Waals surface area contributed by atoms with E-state index in [9.17, 15) is 9.90 Å². The molecule has 6 nitrogen and oxygen atoms in total. The van der Waals surface area contributed by atoms with Crippen molar-refractivity contribution in [1.29, 1.82) is 0 Å². The molecule has 0 aliphatic carbocycles. The zero-order valence-corrected chi connectivity index (χ0v) is 20.9. The van der Waals surface area contributed by atoms with Gasteiger partial charge < -0.3 is 18.8 Å². The maximum Gasteiger partial charge on any atom is 0.200 e. The monoisotopic (exact) mass is 521 g/mol. The Morgan fingerprint density at radius 3 is 2.44 bits per heavy atom. The zero-order valence-electron chi connectivity index (χ0n) is 19.4. The molecular weight excluding hydrogens is 501 g/mol. The van der Waals surface area contributed by atoms with Crippen LogP contribution in [0.2, 0.25) is 10.0 Å². The number of fused-ring (bicyclic) bond motifs is 1. The van der Waals surface area contributed by atoms with Gasteiger partial charge in [0.05, 0.1) is 26.6 Å². The van der Waals surface area contributed by atoms with Crippen molar-refractivity contribution < 1.29 is 18.8 Å². The number of hydrogen-bond acceptors (Lipinski definition) is 6. The Labute approximate surface area is 216 Å². The Kier molecular flexibility index (Phi) is 6.48. The molecule has 5 aromatic rings. The molecule has 2 aromatic heterocycles. The van der Waals surface area contributed by atoms with Crippen molar-refractivity contribution in [2.24, 2.45) is 0 Å². The molecule has 0 radical (unpaired) electrons. The van der Waals surface area contributed by atoms with Gasteiger partial charge in [0.15, 0.2) is 5.43 Å². The second-order valence-electron chi connectivity index (χ2n) is 8.60. The summed E-state index contributed by atoms with van der Waals surface area (Å²) in [7, 11) is 0. The number of aromatic hydroxyl groups is 1. The molecule has 1 N–H and O–H groups in total. The number of halogens is 2. The molecule has 5 rings (SSSR count). The first-order valence-electron chi connectivity index (χ1n) is 11.2. The smallest absolute Gasteiger partial charge is 0.200 e. The highest BCUT2D eigenvalue weighted by molar-refractivity contribution is 6.39. The van der Waals surface area contributed by atoms with Crippen LogP contribution in [0.1, 0.15) is 31.1 Å². The Balaban J connectivity index is 1.47. The summed E-state index contributed by atoms with van der Waals surface area (Å²) in [5.41, 5.74) is 3.13. The lowest BCUT2D eigenvalue weighted by Crippen LogP contribution is -2.05. The summed E-state index contributed by atoms with van der Waals surface area (Å²) in [6.45, 7) is 4.14. The highest BCUT2D eigenvalue weighted by atomic mass is 35.5. The molecule has 0 aliphatic heterocycles. The number of benzene rings is 3. The average molecular weight is 522 g/mol. The van der Waals surface area contributed by atoms with E-state index in [1.54, 1.807) is 48.5 Å². The third-order valence-corrected chi connectivity index (χ3v) is 6.48. The maximum absolute atomic E-state index is 13.0. The molecule has 0 fully saturated rings. The quantitative estimate of drug-likeness (QED) is 0.245. The molecule has 182 valence electrons. The molecule has 3 aromatic carbocycles. The van der Waals surface area contributed by atoms with E-state index in [1.165, 1.54) is 18.4 Å². The lowest BCUT2D eigenvalue weighted by atomic mass is 10.0. The molecule has 0 saturated carbocycles. The molecule has 8 heteroatoms. The summed E-state index contributed by atoms with van der Waals surface area (Å²) in [6.07, 6.45) is 1.41. The van der Waals surface area contributed by atoms with Crippen molar-refractivity contribution in [3.63, 3.8) is 0 Å². The van der Waals surface area contributed by atoms with Gasteiger partial charge in [-0.2, -0.15) is 0 Å². The molecule has 2 heterocycles. The minimum absolute atomic E-state index is 0.0547. The molecule has 36 heavy (non-hydrogen) atoms. The minimum Gasteiger partial charge on any atom is -0.508 e. The van der Waals surface area contributed by atoms with Gasteiger partial charge in [-0.3, -0.25) is 4.79 Å². The normalized spacial score (nSPS) is 11.4. The van der Waals surface area contributed by atoms with Crippen molar-refractivity contribution in [3.05, 3.63) is 98.5 Å². The lowest BCUT2D eigenvalue weighted by Gasteiger charge is -2.11. The predicted octanol–water partition coefficient (Wildman–Crippen LogP) is 7.83. The van der Waals surface area contributed by atoms with E-state index < -0.39 is 0 Å². The molecule has 0 bridgehead atoms. The van der Waals surface area contributed by atoms with E-state index in [0.29, 0.717) is 54.9 Å². The van der Waals surface area contributed by atoms with Crippen molar-refractivity contribution in [2.75, 3.05) is 0 Å². The van der Waals surface area contributed by atoms with Crippen LogP contribution in [0.15, 0.2) is 80.7 Å². The van der Waals surface area contributed by atoms with Crippen molar-refractivity contribution in [2.45, 2.75) is 26.4 Å². The predicted molar refractivity (Wildman–Crippen MR) is 140 cm³/mol. The topological polar surface area (TPSA) is 85.7 Å². The van der Waals surface area contributed by atoms with Gasteiger partial charge in [-0.05, 0) is 42.0 Å². The maximum atomic E-state index is 13.0. The van der Waals surface area contributed by atoms with E-state index in [4.69, 9.17) is 36.9 Å². The molecule has 0 amide bonds. The molecule has 0 aliphatic rings. The van der Waals surface area contributed by atoms with Crippen LogP contribution < -0.4 is 10.2 Å². The standard InChI is InChI=1S/C28H21Cl2NO5/c1-15(2)28-21(26(31-36-28)25-22(29)4-3-5-23(25)30)14-34-18-10-11-19-24(12-18)35-13-20(27(19)33)16-6-8-17(32)9-7-16/h3-13,15,32H,14H2,1-2H3. The van der Waals surface area contributed by atoms with E-state index >= 15 is 0 Å². The van der Waals surface area contributed by atoms with Crippen LogP contribution in [-0.2, 0) is 6.61 Å². The summed E-state index contributed by atoms with van der Waals surface area (Å²) < 4.78 is 17.5. The fraction of sp³-hybridized carbons (Fsp3) is 0.143. The van der Waals surface area contributed by atoms with Gasteiger partial charge in [0.25, 0.3) is 0 Å². The van der Waals surface area contributed by atoms with Crippen molar-refractivity contribution in [1.82, 2.24) is 5.16 Å². The number of phenols is 1. The number of nitrogens with zero attached hydrogens (tertiary/aromatic N) is 1. The Hall–Kier alpha value is -3.74. The first-order valence-corrected chi connectivity index (χ1v) is 12.0. The molecule has 0 unspecified atom stereocenters. The Bertz CT molecular complexity index is 1600. The van der Waals surface area contributed by atoms with Crippen LogP contribution in [0.5, 0.6) is 11.5 Å². The number of aromatic nitrogens is 1. The summed E-state index contributed by atoms with van der Waals surface area (Å²) in [5, 5.41) is 15.1. The van der Waals surface area contributed by atoms with Gasteiger partial charge in [-0.1, -0.05) is 60.4 Å². The van der Waals surface area contributed by atoms with E-state index in [-0.39, 0.29) is 23.7 Å². The largest absolute Gasteiger partial charge is 0.508 e. The first kappa shape index (κ1) is 24.0. The van der Waals surface area contributed by atoms with Crippen LogP contribution in [0.25, 0.3) is 33.4 Å². The minimum atomic E-state index is -0.176. The Morgan fingerprint density at radius 2 is 1.75 bits per heavy atom. The van der Waals surface area contributed by atoms with Gasteiger partial charge >= 0.3 is 0 Å². The first-order chi connectivity index (χ1) is 17.3. The molecule has 0 saturated heterocycles. The molecular formula is C28H21Cl2NO5. The summed E-state index contributed by atoms with van der Waals surface area (Å²) in [5.74, 6) is 1.36. The highest BCUT2D eigenvalue weighted by Gasteiger charge is 2.24. The van der Waals surface area contributed by atoms with Crippen LogP contribution in [-0.4, -0.2) is 10.3 Å². The van der Waals surface area contributed by atoms with Gasteiger partial charge in [0.2, 0.25) is 0 Å². The number of rotatable bonds is 6. The average Bonchev–Trinajstić information content (AvgIpc) is 3.27. The second-order valence-corrected chi connectivity index (χ2v) is 9.41. The summed E-state index contributed by atoms with van der Waals surface area (Å²) in [6, 6.07) is 16.7. The lowest BCUT2D eigenvalue weighted by molar-refractivity contribution is 0.298. The van der Waals surface area contributed by atoms with Gasteiger partial charge in [0.1, 0.15) is 41.4 Å². The number of ether oxygens (including phenoxy) is 1. The van der Waals surface area contributed by atoms with Crippen LogP contribution in [0, 0.1) is 0 Å². The van der Waals surface area contributed by atoms with E-state index in [1.807, 2.05) is 13.8 Å². The van der Waals surface area contributed by atoms with E-state index in [2.05, 4.69) is 5.16 Å². The second kappa shape index (κ2) is 9.72. The molecule has 0 atom stereocenters. The third-order valence-electron chi connectivity index (χ3n) is 5.85. The van der Waals surface area contributed by atoms with Crippen molar-refractivity contribution >= 4 is 34.2 Å². The fourth-order valence-corrected chi connectivity index (χ4v) is 4.61. The SMILES string of the molecule is CC(C)c1onc(-c2c(Cl)cccc2Cl)c1COc1ccc2c(=O)c(-c3ccc(O)cc3)coc2c1. The number of hydrogen-bond donors (Lipinski definition) is 1. The summed E-state index contributed by atoms with van der Waals surface area (Å²) >= 11 is 12.9. The highest BCUT2D eigenvalue weighted by Crippen LogP contribution is 2.39. The summed E-state index contributed by atoms with van der Waals surface area (Å²) in [4.78, 5) is 13.0. The zero-order chi connectivity index (χ0) is 25.4. The van der Waals surface area contributed by atoms with Crippen molar-refractivity contribution in [3.8, 4) is 33.9 Å². The molecule has 0 spiro atoms. The van der Waals surface area contributed by atoms with Gasteiger partial charge in [0, 0.05) is 17.5 Å². The van der Waals surface area contributed by atoms with Crippen LogP contribution >= 0.6 is 23.2 Å².